The number of carbonyl (C=O) groups is 1. The normalized spacial score (nSPS) is 11.3. The van der Waals surface area contributed by atoms with E-state index in [0.29, 0.717) is 33.8 Å². The van der Waals surface area contributed by atoms with Crippen molar-refractivity contribution >= 4 is 51.4 Å². The molecule has 0 aliphatic rings. The maximum atomic E-state index is 12.6. The minimum atomic E-state index is -0.278. The lowest BCUT2D eigenvalue weighted by atomic mass is 10.1. The van der Waals surface area contributed by atoms with E-state index in [0.717, 1.165) is 35.2 Å². The third kappa shape index (κ3) is 6.44. The Morgan fingerprint density at radius 3 is 2.67 bits per heavy atom. The number of hydrogen-bond donors (Lipinski definition) is 2. The van der Waals surface area contributed by atoms with Crippen molar-refractivity contribution in [1.82, 2.24) is 19.4 Å². The molecule has 2 N–H and O–H groups in total. The van der Waals surface area contributed by atoms with Crippen molar-refractivity contribution in [3.8, 4) is 17.0 Å². The quantitative estimate of drug-likeness (QED) is 0.179. The molecule has 0 saturated heterocycles. The summed E-state index contributed by atoms with van der Waals surface area (Å²) in [5.74, 6) is 0.624. The van der Waals surface area contributed by atoms with Gasteiger partial charge in [0.25, 0.3) is 0 Å². The van der Waals surface area contributed by atoms with Crippen molar-refractivity contribution in [2.75, 3.05) is 56.9 Å². The van der Waals surface area contributed by atoms with E-state index in [4.69, 9.17) is 21.3 Å². The second kappa shape index (κ2) is 12.7. The highest BCUT2D eigenvalue weighted by Crippen LogP contribution is 2.39. The van der Waals surface area contributed by atoms with Gasteiger partial charge in [-0.3, -0.25) is 4.79 Å². The van der Waals surface area contributed by atoms with E-state index in [1.54, 1.807) is 25.5 Å². The lowest BCUT2D eigenvalue weighted by molar-refractivity contribution is -0.111. The molecule has 0 fully saturated rings. The van der Waals surface area contributed by atoms with Gasteiger partial charge in [0.05, 0.1) is 41.1 Å². The SMILES string of the molecule is C=C/C=C/C(=O)Nc1cc(Nc2ncc(Cl)c(-c3cn(C)c4ccccc34)n2)c(OC)cc1N(C)CCN(C)C. The van der Waals surface area contributed by atoms with Gasteiger partial charge in [-0.15, -0.1) is 0 Å². The Morgan fingerprint density at radius 1 is 1.18 bits per heavy atom. The Kier molecular flexibility index (Phi) is 9.08. The molecular formula is C30H34ClN7O2. The molecule has 0 radical (unpaired) electrons. The Morgan fingerprint density at radius 2 is 1.95 bits per heavy atom. The van der Waals surface area contributed by atoms with Gasteiger partial charge in [0, 0.05) is 62.0 Å². The molecule has 0 bridgehead atoms. The highest BCUT2D eigenvalue weighted by atomic mass is 35.5. The molecule has 2 heterocycles. The number of rotatable bonds is 11. The van der Waals surface area contributed by atoms with Crippen LogP contribution in [0.1, 0.15) is 0 Å². The number of carbonyl (C=O) groups excluding carboxylic acids is 1. The van der Waals surface area contributed by atoms with Gasteiger partial charge in [-0.05, 0) is 26.2 Å². The summed E-state index contributed by atoms with van der Waals surface area (Å²) >= 11 is 6.58. The van der Waals surface area contributed by atoms with Crippen molar-refractivity contribution in [3.05, 3.63) is 78.6 Å². The van der Waals surface area contributed by atoms with E-state index in [2.05, 4.69) is 38.1 Å². The molecule has 1 amide bonds. The molecule has 0 aliphatic heterocycles. The molecule has 40 heavy (non-hydrogen) atoms. The molecule has 4 rings (SSSR count). The molecule has 2 aromatic heterocycles. The maximum Gasteiger partial charge on any atom is 0.248 e. The Bertz CT molecular complexity index is 1560. The average molecular weight is 560 g/mol. The van der Waals surface area contributed by atoms with Gasteiger partial charge in [0.2, 0.25) is 11.9 Å². The molecule has 0 unspecified atom stereocenters. The van der Waals surface area contributed by atoms with Crippen LogP contribution in [0.2, 0.25) is 5.02 Å². The summed E-state index contributed by atoms with van der Waals surface area (Å²) in [7, 11) is 9.59. The van der Waals surface area contributed by atoms with E-state index in [9.17, 15) is 4.79 Å². The van der Waals surface area contributed by atoms with E-state index in [-0.39, 0.29) is 5.91 Å². The number of para-hydroxylation sites is 1. The number of anilines is 4. The van der Waals surface area contributed by atoms with Crippen molar-refractivity contribution in [1.29, 1.82) is 0 Å². The number of methoxy groups -OCH3 is 1. The number of fused-ring (bicyclic) bond motifs is 1. The van der Waals surface area contributed by atoms with Crippen LogP contribution in [0.4, 0.5) is 23.0 Å². The zero-order chi connectivity index (χ0) is 28.8. The van der Waals surface area contributed by atoms with Crippen molar-refractivity contribution in [3.63, 3.8) is 0 Å². The summed E-state index contributed by atoms with van der Waals surface area (Å²) in [6.07, 6.45) is 8.14. The average Bonchev–Trinajstić information content (AvgIpc) is 3.27. The highest BCUT2D eigenvalue weighted by Gasteiger charge is 2.18. The van der Waals surface area contributed by atoms with Gasteiger partial charge in [-0.2, -0.15) is 0 Å². The van der Waals surface area contributed by atoms with Gasteiger partial charge >= 0.3 is 0 Å². The summed E-state index contributed by atoms with van der Waals surface area (Å²) in [6.45, 7) is 5.20. The van der Waals surface area contributed by atoms with Crippen molar-refractivity contribution < 1.29 is 9.53 Å². The number of aromatic nitrogens is 3. The van der Waals surface area contributed by atoms with Crippen LogP contribution in [0.3, 0.4) is 0 Å². The zero-order valence-corrected chi connectivity index (χ0v) is 24.2. The van der Waals surface area contributed by atoms with E-state index < -0.39 is 0 Å². The van der Waals surface area contributed by atoms with E-state index in [1.165, 1.54) is 6.08 Å². The summed E-state index contributed by atoms with van der Waals surface area (Å²) in [4.78, 5) is 26.0. The highest BCUT2D eigenvalue weighted by molar-refractivity contribution is 6.33. The molecular weight excluding hydrogens is 526 g/mol. The number of benzene rings is 2. The summed E-state index contributed by atoms with van der Waals surface area (Å²) < 4.78 is 7.78. The Balaban J connectivity index is 1.74. The second-order valence-electron chi connectivity index (χ2n) is 9.56. The smallest absolute Gasteiger partial charge is 0.248 e. The standard InChI is InChI=1S/C30H34ClN7O2/c1-7-8-13-28(39)33-23-16-24(27(40-6)17-26(23)37(4)15-14-36(2)3)34-30-32-18-22(31)29(35-30)21-19-38(5)25-12-10-9-11-20(21)25/h7-13,16-19H,1,14-15H2,2-6H3,(H,33,39)(H,32,34,35)/b13-8+. The predicted octanol–water partition coefficient (Wildman–Crippen LogP) is 5.72. The fraction of sp³-hybridized carbons (Fsp3) is 0.233. The van der Waals surface area contributed by atoms with Crippen molar-refractivity contribution in [2.24, 2.45) is 7.05 Å². The van der Waals surface area contributed by atoms with Gasteiger partial charge in [-0.25, -0.2) is 9.97 Å². The molecule has 208 valence electrons. The molecule has 9 nitrogen and oxygen atoms in total. The Labute approximate surface area is 239 Å². The molecule has 4 aromatic rings. The summed E-state index contributed by atoms with van der Waals surface area (Å²) in [6, 6.07) is 11.8. The third-order valence-corrected chi connectivity index (χ3v) is 6.67. The topological polar surface area (TPSA) is 87.5 Å². The monoisotopic (exact) mass is 559 g/mol. The van der Waals surface area contributed by atoms with Crippen LogP contribution in [0.15, 0.2) is 73.6 Å². The number of nitrogens with zero attached hydrogens (tertiary/aromatic N) is 5. The first-order chi connectivity index (χ1) is 19.2. The fourth-order valence-corrected chi connectivity index (χ4v) is 4.51. The van der Waals surface area contributed by atoms with Gasteiger partial charge in [0.1, 0.15) is 5.75 Å². The van der Waals surface area contributed by atoms with Gasteiger partial charge in [0.15, 0.2) is 0 Å². The number of ether oxygens (including phenoxy) is 1. The van der Waals surface area contributed by atoms with Crippen LogP contribution in [-0.4, -0.2) is 66.7 Å². The minimum Gasteiger partial charge on any atom is -0.494 e. The number of amides is 1. The zero-order valence-electron chi connectivity index (χ0n) is 23.4. The van der Waals surface area contributed by atoms with E-state index in [1.807, 2.05) is 69.3 Å². The van der Waals surface area contributed by atoms with E-state index >= 15 is 0 Å². The largest absolute Gasteiger partial charge is 0.494 e. The number of hydrogen-bond acceptors (Lipinski definition) is 7. The summed E-state index contributed by atoms with van der Waals surface area (Å²) in [5.41, 5.74) is 4.58. The number of aryl methyl sites for hydroxylation is 1. The van der Waals surface area contributed by atoms with Crippen LogP contribution in [0.25, 0.3) is 22.2 Å². The van der Waals surface area contributed by atoms with Gasteiger partial charge in [-0.1, -0.05) is 48.5 Å². The number of nitrogens with one attached hydrogen (secondary N) is 2. The number of allylic oxidation sites excluding steroid dienone is 2. The lowest BCUT2D eigenvalue weighted by Gasteiger charge is -2.26. The maximum absolute atomic E-state index is 12.6. The molecule has 0 saturated carbocycles. The third-order valence-electron chi connectivity index (χ3n) is 6.40. The summed E-state index contributed by atoms with van der Waals surface area (Å²) in [5, 5.41) is 7.71. The minimum absolute atomic E-state index is 0.278. The van der Waals surface area contributed by atoms with Crippen LogP contribution in [-0.2, 0) is 11.8 Å². The van der Waals surface area contributed by atoms with Crippen LogP contribution in [0, 0.1) is 0 Å². The number of likely N-dealkylation sites (N-methyl/N-ethyl adjacent to an activating group) is 2. The molecule has 0 atom stereocenters. The lowest BCUT2D eigenvalue weighted by Crippen LogP contribution is -2.29. The van der Waals surface area contributed by atoms with Crippen molar-refractivity contribution in [2.45, 2.75) is 0 Å². The first kappa shape index (κ1) is 28.7. The Hall–Kier alpha value is -4.34. The first-order valence-corrected chi connectivity index (χ1v) is 13.1. The molecule has 0 spiro atoms. The molecule has 2 aromatic carbocycles. The van der Waals surface area contributed by atoms with Crippen LogP contribution >= 0.6 is 11.6 Å². The predicted molar refractivity (Wildman–Crippen MR) is 165 cm³/mol. The van der Waals surface area contributed by atoms with Crippen LogP contribution in [0.5, 0.6) is 5.75 Å². The molecule has 10 heteroatoms. The first-order valence-electron chi connectivity index (χ1n) is 12.7. The molecule has 0 aliphatic carbocycles. The van der Waals surface area contributed by atoms with Gasteiger partial charge < -0.3 is 29.7 Å². The fourth-order valence-electron chi connectivity index (χ4n) is 4.32. The second-order valence-corrected chi connectivity index (χ2v) is 9.97. The number of halogens is 1. The van der Waals surface area contributed by atoms with Crippen LogP contribution < -0.4 is 20.3 Å².